The molecule has 1 amide bonds. The third-order valence-electron chi connectivity index (χ3n) is 9.58. The number of nitrogens with two attached hydrogens (primary N) is 1. The molecule has 3 heterocycles. The van der Waals surface area contributed by atoms with E-state index in [1.165, 1.54) is 6.42 Å². The van der Waals surface area contributed by atoms with Gasteiger partial charge in [-0.05, 0) is 37.5 Å². The van der Waals surface area contributed by atoms with Gasteiger partial charge in [0.1, 0.15) is 61.0 Å². The van der Waals surface area contributed by atoms with Gasteiger partial charge >= 0.3 is 59.1 Å². The second-order valence-corrected chi connectivity index (χ2v) is 17.7. The number of aliphatic hydroxyl groups is 7. The molecule has 0 aliphatic carbocycles. The summed E-state index contributed by atoms with van der Waals surface area (Å²) in [7, 11) is -0.347. The average Bonchev–Trinajstić information content (AvgIpc) is 3.70. The Labute approximate surface area is 398 Å². The fraction of sp³-hybridized carbons (Fsp3) is 0.758. The van der Waals surface area contributed by atoms with Gasteiger partial charge in [-0.15, -0.1) is 0 Å². The molecule has 0 bridgehead atoms. The van der Waals surface area contributed by atoms with Crippen molar-refractivity contribution in [3.05, 3.63) is 24.3 Å². The molecule has 0 saturated carbocycles. The average molecular weight is 936 g/mol. The van der Waals surface area contributed by atoms with Gasteiger partial charge in [0, 0.05) is 42.5 Å². The Morgan fingerprint density at radius 1 is 0.983 bits per heavy atom. The molecule has 60 heavy (non-hydrogen) atoms. The van der Waals surface area contributed by atoms with E-state index in [1.807, 2.05) is 21.6 Å². The number of carboxylic acids is 1. The van der Waals surface area contributed by atoms with E-state index in [9.17, 15) is 63.4 Å². The minimum atomic E-state index is -5.23. The third-order valence-corrected chi connectivity index (χ3v) is 13.0. The zero-order valence-corrected chi connectivity index (χ0v) is 39.6. The van der Waals surface area contributed by atoms with E-state index in [4.69, 9.17) is 29.4 Å². The molecule has 22 nitrogen and oxygen atoms in total. The van der Waals surface area contributed by atoms with Crippen LogP contribution in [0.5, 0.6) is 0 Å². The van der Waals surface area contributed by atoms with Crippen molar-refractivity contribution in [1.82, 2.24) is 0 Å². The van der Waals surface area contributed by atoms with Crippen molar-refractivity contribution in [3.8, 4) is 0 Å². The first-order valence-corrected chi connectivity index (χ1v) is 22.0. The quantitative estimate of drug-likeness (QED) is 0.0170. The summed E-state index contributed by atoms with van der Waals surface area (Å²) in [5, 5.41) is 92.7. The van der Waals surface area contributed by atoms with E-state index < -0.39 is 115 Å². The van der Waals surface area contributed by atoms with Gasteiger partial charge in [0.25, 0.3) is 0 Å². The number of aliphatic carboxylic acids is 1. The maximum atomic E-state index is 12.4. The Morgan fingerprint density at radius 3 is 2.30 bits per heavy atom. The molecule has 3 fully saturated rings. The van der Waals surface area contributed by atoms with Crippen LogP contribution in [0.1, 0.15) is 32.1 Å². The minimum absolute atomic E-state index is 0. The Hall–Kier alpha value is 0.0100. The summed E-state index contributed by atoms with van der Waals surface area (Å²) < 4.78 is 63.5. The van der Waals surface area contributed by atoms with Crippen LogP contribution in [-0.4, -0.2) is 184 Å². The number of ether oxygens (including phenoxy) is 5. The van der Waals surface area contributed by atoms with E-state index in [-0.39, 0.29) is 71.6 Å². The molecule has 1 aromatic carbocycles. The van der Waals surface area contributed by atoms with Crippen molar-refractivity contribution in [2.45, 2.75) is 123 Å². The van der Waals surface area contributed by atoms with E-state index in [0.717, 1.165) is 32.1 Å². The summed E-state index contributed by atoms with van der Waals surface area (Å²) in [6.07, 6.45) is -20.3. The number of benzene rings is 1. The number of hydrogen-bond donors (Lipinski definition) is 10. The van der Waals surface area contributed by atoms with Crippen LogP contribution in [0.3, 0.4) is 0 Å². The van der Waals surface area contributed by atoms with Crippen LogP contribution in [-0.2, 0) is 47.9 Å². The van der Waals surface area contributed by atoms with Crippen molar-refractivity contribution in [2.75, 3.05) is 43.3 Å². The first-order valence-electron chi connectivity index (χ1n) is 18.3. The molecular formula is C33H51N3Na2O19S3. The predicted molar refractivity (Wildman–Crippen MR) is 200 cm³/mol. The summed E-state index contributed by atoms with van der Waals surface area (Å²) in [5.74, 6) is -0.998. The SMILES string of the molecule is CO[C@H]1[C@H](O)[C@@H](N)[C@@H](O[C@H]2[C@H](O)[C@@H](O)[C@H](OC[C@@H](O)[C@@H](O)[C@H](O)[C@@H](O)CNc3cccc(NC(=O)CCCCC4CCSS4)c3)O[C@@H]2C(=O)[O-])O[C@@H]1COS(=O)(=O)[O-].[Na+].[Na+]. The fourth-order valence-electron chi connectivity index (χ4n) is 6.35. The molecule has 3 saturated heterocycles. The molecule has 11 N–H and O–H groups in total. The maximum absolute atomic E-state index is 12.4. The van der Waals surface area contributed by atoms with Crippen molar-refractivity contribution < 1.29 is 150 Å². The van der Waals surface area contributed by atoms with Crippen molar-refractivity contribution in [3.63, 3.8) is 0 Å². The fourth-order valence-corrected chi connectivity index (χ4v) is 9.68. The molecule has 0 radical (unpaired) electrons. The van der Waals surface area contributed by atoms with E-state index in [0.29, 0.717) is 23.0 Å². The van der Waals surface area contributed by atoms with Gasteiger partial charge in [-0.1, -0.05) is 34.1 Å². The molecule has 3 aliphatic heterocycles. The second kappa shape index (κ2) is 26.8. The molecular weight excluding hydrogens is 885 g/mol. The van der Waals surface area contributed by atoms with Crippen molar-refractivity contribution in [2.24, 2.45) is 5.73 Å². The third kappa shape index (κ3) is 16.8. The maximum Gasteiger partial charge on any atom is 1.00 e. The topological polar surface area (TPSA) is 361 Å². The molecule has 3 aliphatic rings. The molecule has 27 heteroatoms. The Balaban J connectivity index is 0.00000620. The second-order valence-electron chi connectivity index (χ2n) is 13.9. The number of anilines is 2. The zero-order chi connectivity index (χ0) is 42.7. The number of carbonyl (C=O) groups excluding carboxylic acids is 2. The minimum Gasteiger partial charge on any atom is -0.726 e. The molecule has 0 aromatic heterocycles. The molecule has 15 atom stereocenters. The Bertz CT molecular complexity index is 1580. The van der Waals surface area contributed by atoms with Crippen LogP contribution in [0.15, 0.2) is 24.3 Å². The Kier molecular flexibility index (Phi) is 25.1. The van der Waals surface area contributed by atoms with Gasteiger partial charge in [-0.3, -0.25) is 8.98 Å². The number of amides is 1. The van der Waals surface area contributed by atoms with Gasteiger partial charge < -0.3 is 90.3 Å². The first-order chi connectivity index (χ1) is 27.4. The van der Waals surface area contributed by atoms with Crippen molar-refractivity contribution >= 4 is 55.2 Å². The summed E-state index contributed by atoms with van der Waals surface area (Å²) in [6.45, 7) is -2.25. The summed E-state index contributed by atoms with van der Waals surface area (Å²) in [6, 6.07) is 5.04. The number of unbranched alkanes of at least 4 members (excludes halogenated alkanes) is 1. The summed E-state index contributed by atoms with van der Waals surface area (Å²) in [4.78, 5) is 24.5. The van der Waals surface area contributed by atoms with Crippen LogP contribution in [0.25, 0.3) is 0 Å². The van der Waals surface area contributed by atoms with Crippen LogP contribution in [0.2, 0.25) is 0 Å². The Morgan fingerprint density at radius 2 is 1.67 bits per heavy atom. The monoisotopic (exact) mass is 935 g/mol. The first kappa shape index (κ1) is 56.1. The molecule has 332 valence electrons. The van der Waals surface area contributed by atoms with Crippen LogP contribution in [0.4, 0.5) is 11.4 Å². The van der Waals surface area contributed by atoms with Gasteiger partial charge in [0.2, 0.25) is 16.3 Å². The number of aliphatic hydroxyl groups excluding tert-OH is 7. The molecule has 1 unspecified atom stereocenters. The number of carboxylic acid groups (broad SMARTS) is 1. The number of rotatable bonds is 22. The van der Waals surface area contributed by atoms with Crippen LogP contribution in [0, 0.1) is 0 Å². The number of nitrogens with one attached hydrogen (secondary N) is 2. The van der Waals surface area contributed by atoms with Crippen LogP contribution >= 0.6 is 21.6 Å². The number of methoxy groups -OCH3 is 1. The molecule has 4 rings (SSSR count). The predicted octanol–water partition coefficient (Wildman–Crippen LogP) is -10.3. The normalized spacial score (nSPS) is 31.5. The van der Waals surface area contributed by atoms with Crippen molar-refractivity contribution in [1.29, 1.82) is 0 Å². The largest absolute Gasteiger partial charge is 1.00 e. The van der Waals surface area contributed by atoms with Gasteiger partial charge in [-0.2, -0.15) is 0 Å². The van der Waals surface area contributed by atoms with E-state index in [1.54, 1.807) is 24.3 Å². The number of hydrogen-bond acceptors (Lipinski definition) is 23. The van der Waals surface area contributed by atoms with Gasteiger partial charge in [0.05, 0.1) is 31.3 Å². The van der Waals surface area contributed by atoms with E-state index >= 15 is 0 Å². The number of carbonyl (C=O) groups is 2. The summed E-state index contributed by atoms with van der Waals surface area (Å²) in [5.41, 5.74) is 6.91. The summed E-state index contributed by atoms with van der Waals surface area (Å²) >= 11 is 0. The molecule has 1 aromatic rings. The van der Waals surface area contributed by atoms with Crippen LogP contribution < -0.4 is 80.6 Å². The molecule has 0 spiro atoms. The standard InChI is InChI=1S/C33H53N3O19S3.2Na/c1-50-28-20(14-52-58(47,48)49)53-32(22(34)25(28)42)54-29-26(43)27(44)33(55-30(29)31(45)46)51-13-19(38)24(41)23(40)18(37)12-35-15-5-4-6-16(11-15)36-21(39)8-3-2-7-17-9-10-56-57-17;;/h4-6,11,17-20,22-30,32-33,35,37-38,40-44H,2-3,7-10,12-14,34H2,1H3,(H,36,39)(H,45,46)(H,47,48,49);;/q;2*+1/p-2/t17?,18-,19+,20+,22+,23+,24+,25+,26+,27+,28+,29-,30-,32+,33+;;/m0../s1. The van der Waals surface area contributed by atoms with Gasteiger partial charge in [0.15, 0.2) is 12.6 Å². The van der Waals surface area contributed by atoms with Gasteiger partial charge in [-0.25, -0.2) is 8.42 Å². The zero-order valence-electron chi connectivity index (χ0n) is 33.2. The van der Waals surface area contributed by atoms with E-state index in [2.05, 4.69) is 14.8 Å². The smallest absolute Gasteiger partial charge is 0.726 e.